The molecule has 2 aromatic rings. The summed E-state index contributed by atoms with van der Waals surface area (Å²) in [4.78, 5) is 46.9. The Morgan fingerprint density at radius 1 is 0.939 bits per heavy atom. The molecule has 1 aliphatic heterocycles. The number of aromatic nitrogens is 2. The molecule has 1 aromatic heterocycles. The van der Waals surface area contributed by atoms with Crippen LogP contribution < -0.4 is 10.1 Å². The van der Waals surface area contributed by atoms with Crippen molar-refractivity contribution < 1.29 is 47.5 Å². The monoisotopic (exact) mass is 465 g/mol. The molecule has 178 valence electrons. The van der Waals surface area contributed by atoms with Crippen molar-refractivity contribution in [3.63, 3.8) is 0 Å². The Labute approximate surface area is 187 Å². The van der Waals surface area contributed by atoms with Gasteiger partial charge >= 0.3 is 17.9 Å². The van der Waals surface area contributed by atoms with Crippen LogP contribution in [0.25, 0.3) is 11.0 Å². The van der Waals surface area contributed by atoms with E-state index in [0.717, 1.165) is 13.8 Å². The van der Waals surface area contributed by atoms with E-state index in [1.54, 1.807) is 12.1 Å². The summed E-state index contributed by atoms with van der Waals surface area (Å²) in [5, 5.41) is 10.1. The summed E-state index contributed by atoms with van der Waals surface area (Å²) in [6.07, 6.45) is -4.73. The van der Waals surface area contributed by atoms with Gasteiger partial charge in [0.25, 0.3) is 0 Å². The Morgan fingerprint density at radius 2 is 1.61 bits per heavy atom. The molecule has 0 spiro atoms. The molecule has 0 radical (unpaired) electrons. The number of amides is 1. The quantitative estimate of drug-likeness (QED) is 0.438. The molecule has 13 heteroatoms. The number of hydrogen-bond acceptors (Lipinski definition) is 12. The first-order valence-corrected chi connectivity index (χ1v) is 9.93. The Morgan fingerprint density at radius 3 is 2.24 bits per heavy atom. The fourth-order valence-electron chi connectivity index (χ4n) is 3.36. The summed E-state index contributed by atoms with van der Waals surface area (Å²) >= 11 is 0. The van der Waals surface area contributed by atoms with Crippen LogP contribution in [0.15, 0.2) is 22.8 Å². The highest BCUT2D eigenvalue weighted by Gasteiger charge is 2.52. The van der Waals surface area contributed by atoms with Crippen LogP contribution in [0.2, 0.25) is 0 Å². The maximum absolute atomic E-state index is 11.9. The molecule has 5 atom stereocenters. The molecule has 3 rings (SSSR count). The summed E-state index contributed by atoms with van der Waals surface area (Å²) < 4.78 is 32.3. The second-order valence-corrected chi connectivity index (χ2v) is 7.25. The van der Waals surface area contributed by atoms with E-state index >= 15 is 0 Å². The number of esters is 3. The van der Waals surface area contributed by atoms with Gasteiger partial charge in [-0.15, -0.1) is 0 Å². The van der Waals surface area contributed by atoms with Gasteiger partial charge in [0.1, 0.15) is 35.5 Å². The van der Waals surface area contributed by atoms with Gasteiger partial charge in [-0.3, -0.25) is 19.2 Å². The van der Waals surface area contributed by atoms with E-state index in [9.17, 15) is 19.2 Å². The second kappa shape index (κ2) is 10.3. The molecule has 0 bridgehead atoms. The molecule has 1 aromatic carbocycles. The van der Waals surface area contributed by atoms with Crippen LogP contribution >= 0.6 is 0 Å². The van der Waals surface area contributed by atoms with Gasteiger partial charge in [-0.05, 0) is 22.4 Å². The molecule has 1 amide bonds. The number of carbonyl (C=O) groups is 4. The standard InChI is InChI=1S/C20H23N3O10/c1-9(24)21-17-19(30-12(4)27)18(29-11(3)26)16(8-28-10(2)25)32-20(17)31-13-5-6-14-15(7-13)23-33-22-14/h5-7,16-20H,8H2,1-4H3,(H,21,24)/t16?,17?,18-,19-,20-/m1/s1. The van der Waals surface area contributed by atoms with Crippen LogP contribution in [0.4, 0.5) is 0 Å². The third-order valence-electron chi connectivity index (χ3n) is 4.55. The molecule has 1 aliphatic rings. The predicted octanol–water partition coefficient (Wildman–Crippen LogP) is 0.258. The van der Waals surface area contributed by atoms with E-state index in [1.165, 1.54) is 19.9 Å². The zero-order valence-electron chi connectivity index (χ0n) is 18.3. The predicted molar refractivity (Wildman–Crippen MR) is 106 cm³/mol. The summed E-state index contributed by atoms with van der Waals surface area (Å²) in [5.74, 6) is -2.20. The molecule has 13 nitrogen and oxygen atoms in total. The lowest BCUT2D eigenvalue weighted by molar-refractivity contribution is -0.257. The molecule has 1 N–H and O–H groups in total. The third-order valence-corrected chi connectivity index (χ3v) is 4.55. The zero-order chi connectivity index (χ0) is 24.1. The number of carbonyl (C=O) groups excluding carboxylic acids is 4. The number of rotatable bonds is 7. The average molecular weight is 465 g/mol. The molecule has 2 heterocycles. The van der Waals surface area contributed by atoms with Crippen LogP contribution in [-0.4, -0.2) is 71.4 Å². The SMILES string of the molecule is CC(=O)NC1[C@H](Oc2ccc3nonc3c2)OC(COC(C)=O)[C@@H](OC(C)=O)[C@@H]1OC(C)=O. The lowest BCUT2D eigenvalue weighted by Crippen LogP contribution is -2.67. The lowest BCUT2D eigenvalue weighted by atomic mass is 9.96. The van der Waals surface area contributed by atoms with Crippen molar-refractivity contribution in [2.45, 2.75) is 58.3 Å². The number of ether oxygens (including phenoxy) is 5. The van der Waals surface area contributed by atoms with Crippen LogP contribution in [0.3, 0.4) is 0 Å². The largest absolute Gasteiger partial charge is 0.463 e. The van der Waals surface area contributed by atoms with Gasteiger partial charge in [-0.25, -0.2) is 4.63 Å². The molecule has 0 aliphatic carbocycles. The molecule has 2 unspecified atom stereocenters. The summed E-state index contributed by atoms with van der Waals surface area (Å²) in [6, 6.07) is 3.61. The van der Waals surface area contributed by atoms with Crippen molar-refractivity contribution >= 4 is 34.8 Å². The average Bonchev–Trinajstić information content (AvgIpc) is 3.18. The van der Waals surface area contributed by atoms with Gasteiger partial charge in [0.2, 0.25) is 12.2 Å². The minimum atomic E-state index is -1.23. The number of nitrogens with one attached hydrogen (secondary N) is 1. The van der Waals surface area contributed by atoms with Crippen molar-refractivity contribution in [2.75, 3.05) is 6.61 Å². The Kier molecular flexibility index (Phi) is 7.43. The molecule has 1 fully saturated rings. The van der Waals surface area contributed by atoms with Crippen molar-refractivity contribution in [1.29, 1.82) is 0 Å². The van der Waals surface area contributed by atoms with Crippen molar-refractivity contribution in [2.24, 2.45) is 0 Å². The van der Waals surface area contributed by atoms with Crippen molar-refractivity contribution in [3.05, 3.63) is 18.2 Å². The van der Waals surface area contributed by atoms with Gasteiger partial charge in [0.15, 0.2) is 12.2 Å². The highest BCUT2D eigenvalue weighted by Crippen LogP contribution is 2.30. The second-order valence-electron chi connectivity index (χ2n) is 7.25. The van der Waals surface area contributed by atoms with Gasteiger partial charge in [-0.2, -0.15) is 0 Å². The molecular formula is C20H23N3O10. The molecule has 1 saturated heterocycles. The maximum atomic E-state index is 11.9. The summed E-state index contributed by atoms with van der Waals surface area (Å²) in [6.45, 7) is 4.44. The summed E-state index contributed by atoms with van der Waals surface area (Å²) in [5.41, 5.74) is 0.899. The highest BCUT2D eigenvalue weighted by molar-refractivity contribution is 5.75. The van der Waals surface area contributed by atoms with E-state index in [-0.39, 0.29) is 12.4 Å². The van der Waals surface area contributed by atoms with Crippen LogP contribution in [0.5, 0.6) is 5.75 Å². The first kappa shape index (κ1) is 23.9. The topological polar surface area (TPSA) is 165 Å². The van der Waals surface area contributed by atoms with E-state index < -0.39 is 54.5 Å². The van der Waals surface area contributed by atoms with Crippen LogP contribution in [0.1, 0.15) is 27.7 Å². The summed E-state index contributed by atoms with van der Waals surface area (Å²) in [7, 11) is 0. The van der Waals surface area contributed by atoms with E-state index in [4.69, 9.17) is 23.7 Å². The fourth-order valence-corrected chi connectivity index (χ4v) is 3.36. The van der Waals surface area contributed by atoms with Crippen molar-refractivity contribution in [1.82, 2.24) is 15.6 Å². The maximum Gasteiger partial charge on any atom is 0.303 e. The normalized spacial score (nSPS) is 24.5. The van der Waals surface area contributed by atoms with E-state index in [0.29, 0.717) is 11.0 Å². The number of fused-ring (bicyclic) bond motifs is 1. The number of nitrogens with zero attached hydrogens (tertiary/aromatic N) is 2. The number of hydrogen-bond donors (Lipinski definition) is 1. The molecule has 0 saturated carbocycles. The van der Waals surface area contributed by atoms with E-state index in [2.05, 4.69) is 20.3 Å². The minimum Gasteiger partial charge on any atom is -0.463 e. The van der Waals surface area contributed by atoms with Gasteiger partial charge in [0, 0.05) is 33.8 Å². The van der Waals surface area contributed by atoms with Gasteiger partial charge < -0.3 is 29.0 Å². The zero-order valence-corrected chi connectivity index (χ0v) is 18.3. The molecular weight excluding hydrogens is 442 g/mol. The third kappa shape index (κ3) is 6.16. The number of benzene rings is 1. The van der Waals surface area contributed by atoms with Crippen LogP contribution in [-0.2, 0) is 38.1 Å². The van der Waals surface area contributed by atoms with Crippen LogP contribution in [0, 0.1) is 0 Å². The first-order valence-electron chi connectivity index (χ1n) is 9.93. The smallest absolute Gasteiger partial charge is 0.303 e. The van der Waals surface area contributed by atoms with E-state index in [1.807, 2.05) is 0 Å². The van der Waals surface area contributed by atoms with Gasteiger partial charge in [0.05, 0.1) is 0 Å². The Bertz CT molecular complexity index is 1040. The first-order chi connectivity index (χ1) is 15.6. The molecule has 33 heavy (non-hydrogen) atoms. The minimum absolute atomic E-state index is 0.275. The van der Waals surface area contributed by atoms with Crippen molar-refractivity contribution in [3.8, 4) is 5.75 Å². The van der Waals surface area contributed by atoms with Gasteiger partial charge in [-0.1, -0.05) is 0 Å². The Hall–Kier alpha value is -3.74. The Balaban J connectivity index is 1.97. The highest BCUT2D eigenvalue weighted by atomic mass is 16.7. The lowest BCUT2D eigenvalue weighted by Gasteiger charge is -2.44. The fraction of sp³-hybridized carbons (Fsp3) is 0.500.